The zero-order valence-corrected chi connectivity index (χ0v) is 12.8. The van der Waals surface area contributed by atoms with Crippen LogP contribution in [0.2, 0.25) is 0 Å². The first kappa shape index (κ1) is 16.1. The number of hydrogen-bond donors (Lipinski definition) is 1. The van der Waals surface area contributed by atoms with Crippen molar-refractivity contribution >= 4 is 23.3 Å². The van der Waals surface area contributed by atoms with Crippen molar-refractivity contribution in [1.82, 2.24) is 0 Å². The van der Waals surface area contributed by atoms with E-state index in [1.54, 1.807) is 24.3 Å². The average Bonchev–Trinajstić information content (AvgIpc) is 2.60. The van der Waals surface area contributed by atoms with Crippen LogP contribution in [0.15, 0.2) is 42.5 Å². The van der Waals surface area contributed by atoms with Crippen molar-refractivity contribution in [1.29, 1.82) is 0 Å². The predicted octanol–water partition coefficient (Wildman–Crippen LogP) is 2.98. The number of carbonyl (C=O) groups is 2. The van der Waals surface area contributed by atoms with Crippen molar-refractivity contribution in [2.75, 3.05) is 19.5 Å². The lowest BCUT2D eigenvalue weighted by molar-refractivity contribution is 0.0599. The summed E-state index contributed by atoms with van der Waals surface area (Å²) in [5.74, 6) is 1.46. The van der Waals surface area contributed by atoms with Gasteiger partial charge in [-0.2, -0.15) is 0 Å². The zero-order chi connectivity index (χ0) is 16.8. The van der Waals surface area contributed by atoms with Crippen molar-refractivity contribution in [3.8, 4) is 12.3 Å². The first-order valence-corrected chi connectivity index (χ1v) is 6.73. The van der Waals surface area contributed by atoms with Crippen molar-refractivity contribution in [3.05, 3.63) is 59.2 Å². The van der Waals surface area contributed by atoms with Gasteiger partial charge in [-0.1, -0.05) is 18.1 Å². The highest BCUT2D eigenvalue weighted by Gasteiger charge is 2.14. The van der Waals surface area contributed by atoms with Crippen LogP contribution in [0.4, 0.5) is 11.4 Å². The molecular formula is C18H15NO4. The van der Waals surface area contributed by atoms with Crippen LogP contribution in [0.5, 0.6) is 0 Å². The van der Waals surface area contributed by atoms with Gasteiger partial charge < -0.3 is 14.8 Å². The quantitative estimate of drug-likeness (QED) is 0.695. The third kappa shape index (κ3) is 3.69. The van der Waals surface area contributed by atoms with E-state index >= 15 is 0 Å². The third-order valence-corrected chi connectivity index (χ3v) is 3.14. The fraction of sp³-hybridized carbons (Fsp3) is 0.111. The largest absolute Gasteiger partial charge is 0.465 e. The molecular weight excluding hydrogens is 294 g/mol. The number of benzene rings is 2. The minimum atomic E-state index is -0.552. The summed E-state index contributed by atoms with van der Waals surface area (Å²) in [7, 11) is 2.54. The van der Waals surface area contributed by atoms with Crippen LogP contribution < -0.4 is 5.32 Å². The molecule has 2 aromatic rings. The smallest absolute Gasteiger partial charge is 0.337 e. The van der Waals surface area contributed by atoms with E-state index < -0.39 is 11.9 Å². The molecule has 0 aliphatic heterocycles. The first-order valence-electron chi connectivity index (χ1n) is 6.73. The number of methoxy groups -OCH3 is 2. The minimum Gasteiger partial charge on any atom is -0.465 e. The summed E-state index contributed by atoms with van der Waals surface area (Å²) in [4.78, 5) is 23.5. The molecule has 2 aromatic carbocycles. The molecule has 0 unspecified atom stereocenters. The summed E-state index contributed by atoms with van der Waals surface area (Å²) in [6.45, 7) is 0. The molecule has 0 amide bonds. The SMILES string of the molecule is C#Cc1ccccc1Nc1cc(C(=O)OC)cc(C(=O)OC)c1. The van der Waals surface area contributed by atoms with Crippen LogP contribution in [-0.2, 0) is 9.47 Å². The van der Waals surface area contributed by atoms with E-state index in [1.165, 1.54) is 20.3 Å². The predicted molar refractivity (Wildman–Crippen MR) is 86.8 cm³/mol. The van der Waals surface area contributed by atoms with Gasteiger partial charge in [0, 0.05) is 11.3 Å². The van der Waals surface area contributed by atoms with Gasteiger partial charge in [0.05, 0.1) is 31.0 Å². The highest BCUT2D eigenvalue weighted by molar-refractivity contribution is 5.97. The summed E-state index contributed by atoms with van der Waals surface area (Å²) in [5, 5.41) is 3.10. The van der Waals surface area contributed by atoms with E-state index in [4.69, 9.17) is 15.9 Å². The number of hydrogen-bond acceptors (Lipinski definition) is 5. The van der Waals surface area contributed by atoms with Gasteiger partial charge in [0.1, 0.15) is 0 Å². The normalized spacial score (nSPS) is 9.61. The van der Waals surface area contributed by atoms with Gasteiger partial charge in [-0.05, 0) is 30.3 Å². The first-order chi connectivity index (χ1) is 11.1. The number of anilines is 2. The highest BCUT2D eigenvalue weighted by atomic mass is 16.5. The van der Waals surface area contributed by atoms with Crippen molar-refractivity contribution in [2.45, 2.75) is 0 Å². The Balaban J connectivity index is 2.47. The van der Waals surface area contributed by atoms with E-state index in [1.807, 2.05) is 12.1 Å². The van der Waals surface area contributed by atoms with E-state index in [-0.39, 0.29) is 11.1 Å². The monoisotopic (exact) mass is 309 g/mol. The minimum absolute atomic E-state index is 0.232. The lowest BCUT2D eigenvalue weighted by atomic mass is 10.1. The highest BCUT2D eigenvalue weighted by Crippen LogP contribution is 2.23. The van der Waals surface area contributed by atoms with Crippen molar-refractivity contribution < 1.29 is 19.1 Å². The Morgan fingerprint density at radius 3 is 2.09 bits per heavy atom. The molecule has 116 valence electrons. The number of rotatable bonds is 4. The van der Waals surface area contributed by atoms with Gasteiger partial charge in [-0.25, -0.2) is 9.59 Å². The van der Waals surface area contributed by atoms with E-state index in [0.717, 1.165) is 0 Å². The van der Waals surface area contributed by atoms with E-state index in [9.17, 15) is 9.59 Å². The summed E-state index contributed by atoms with van der Waals surface area (Å²) < 4.78 is 9.41. The maximum Gasteiger partial charge on any atom is 0.337 e. The van der Waals surface area contributed by atoms with Crippen molar-refractivity contribution in [3.63, 3.8) is 0 Å². The second-order valence-electron chi connectivity index (χ2n) is 4.60. The number of nitrogens with one attached hydrogen (secondary N) is 1. The fourth-order valence-electron chi connectivity index (χ4n) is 2.04. The molecule has 23 heavy (non-hydrogen) atoms. The topological polar surface area (TPSA) is 64.6 Å². The Morgan fingerprint density at radius 1 is 1.00 bits per heavy atom. The van der Waals surface area contributed by atoms with Gasteiger partial charge in [-0.3, -0.25) is 0 Å². The lowest BCUT2D eigenvalue weighted by Crippen LogP contribution is -2.08. The number of terminal acetylenes is 1. The van der Waals surface area contributed by atoms with Crippen LogP contribution in [0.25, 0.3) is 0 Å². The van der Waals surface area contributed by atoms with Crippen molar-refractivity contribution in [2.24, 2.45) is 0 Å². The maximum atomic E-state index is 11.8. The molecule has 0 heterocycles. The van der Waals surface area contributed by atoms with Crippen LogP contribution >= 0.6 is 0 Å². The molecule has 0 radical (unpaired) electrons. The van der Waals surface area contributed by atoms with E-state index in [0.29, 0.717) is 16.9 Å². The molecule has 2 rings (SSSR count). The standard InChI is InChI=1S/C18H15NO4/c1-4-12-7-5-6-8-16(12)19-15-10-13(17(20)22-2)9-14(11-15)18(21)23-3/h1,5-11,19H,2-3H3. The zero-order valence-electron chi connectivity index (χ0n) is 12.8. The second-order valence-corrected chi connectivity index (χ2v) is 4.60. The molecule has 1 N–H and O–H groups in total. The average molecular weight is 309 g/mol. The van der Waals surface area contributed by atoms with Gasteiger partial charge in [0.25, 0.3) is 0 Å². The summed E-state index contributed by atoms with van der Waals surface area (Å²) in [6.07, 6.45) is 5.47. The fourth-order valence-corrected chi connectivity index (χ4v) is 2.04. The van der Waals surface area contributed by atoms with Gasteiger partial charge in [-0.15, -0.1) is 6.42 Å². The second kappa shape index (κ2) is 7.14. The van der Waals surface area contributed by atoms with Gasteiger partial charge in [0.15, 0.2) is 0 Å². The van der Waals surface area contributed by atoms with E-state index in [2.05, 4.69) is 11.2 Å². The molecule has 5 nitrogen and oxygen atoms in total. The summed E-state index contributed by atoms with van der Waals surface area (Å²) in [6, 6.07) is 11.8. The molecule has 0 aliphatic rings. The lowest BCUT2D eigenvalue weighted by Gasteiger charge is -2.11. The molecule has 0 fully saturated rings. The van der Waals surface area contributed by atoms with Crippen LogP contribution in [0.3, 0.4) is 0 Å². The molecule has 0 atom stereocenters. The molecule has 0 bridgehead atoms. The Hall–Kier alpha value is -3.26. The molecule has 0 aliphatic carbocycles. The van der Waals surface area contributed by atoms with Gasteiger partial charge in [0.2, 0.25) is 0 Å². The van der Waals surface area contributed by atoms with Crippen LogP contribution in [-0.4, -0.2) is 26.2 Å². The molecule has 5 heteroatoms. The number of ether oxygens (including phenoxy) is 2. The number of para-hydroxylation sites is 1. The molecule has 0 aromatic heterocycles. The van der Waals surface area contributed by atoms with Gasteiger partial charge >= 0.3 is 11.9 Å². The third-order valence-electron chi connectivity index (χ3n) is 3.14. The Morgan fingerprint density at radius 2 is 1.57 bits per heavy atom. The Labute approximate surface area is 134 Å². The number of esters is 2. The summed E-state index contributed by atoms with van der Waals surface area (Å²) in [5.41, 5.74) is 2.34. The molecule has 0 saturated heterocycles. The van der Waals surface area contributed by atoms with Crippen LogP contribution in [0, 0.1) is 12.3 Å². The molecule has 0 saturated carbocycles. The Kier molecular flexibility index (Phi) is 5.00. The Bertz CT molecular complexity index is 756. The number of carbonyl (C=O) groups excluding carboxylic acids is 2. The van der Waals surface area contributed by atoms with Crippen LogP contribution in [0.1, 0.15) is 26.3 Å². The maximum absolute atomic E-state index is 11.8. The molecule has 0 spiro atoms. The summed E-state index contributed by atoms with van der Waals surface area (Å²) >= 11 is 0.